The Bertz CT molecular complexity index is 1320. The van der Waals surface area contributed by atoms with Crippen molar-refractivity contribution in [3.05, 3.63) is 11.0 Å². The second kappa shape index (κ2) is 7.51. The number of aromatic nitrogens is 3. The first-order valence-electron chi connectivity index (χ1n) is 11.0. The number of nitrogens with zero attached hydrogens (tertiary/aromatic N) is 5. The number of carbonyl (C=O) groups is 1. The smallest absolute Gasteiger partial charge is 0.410 e. The molecule has 2 saturated heterocycles. The standard InChI is InChI=1S/C21H25ClFN5O5S/c1-9-15-11-7-6-10(28(11)20(29)33-21(2,3)4)8-27(15)17-12-14(24-19(26-17)34(5,30)31)13(23)16(22)25-18(12)32-9/h9-11,15H,6-8H2,1-5H3. The van der Waals surface area contributed by atoms with Gasteiger partial charge >= 0.3 is 6.09 Å². The van der Waals surface area contributed by atoms with E-state index in [1.165, 1.54) is 0 Å². The third kappa shape index (κ3) is 3.62. The monoisotopic (exact) mass is 513 g/mol. The Hall–Kier alpha value is -2.47. The lowest BCUT2D eigenvalue weighted by molar-refractivity contribution is 0.000949. The van der Waals surface area contributed by atoms with Crippen molar-refractivity contribution in [2.24, 2.45) is 0 Å². The van der Waals surface area contributed by atoms with Crippen LogP contribution in [0, 0.1) is 5.82 Å². The number of hydrogen-bond acceptors (Lipinski definition) is 9. The zero-order valence-electron chi connectivity index (χ0n) is 19.4. The Morgan fingerprint density at radius 2 is 1.94 bits per heavy atom. The van der Waals surface area contributed by atoms with Crippen LogP contribution in [0.25, 0.3) is 10.9 Å². The van der Waals surface area contributed by atoms with E-state index in [0.29, 0.717) is 13.0 Å². The molecule has 0 aliphatic carbocycles. The highest BCUT2D eigenvalue weighted by Gasteiger charge is 2.53. The van der Waals surface area contributed by atoms with Gasteiger partial charge in [-0.2, -0.15) is 4.98 Å². The van der Waals surface area contributed by atoms with Crippen molar-refractivity contribution >= 4 is 44.3 Å². The molecule has 1 amide bonds. The Kier molecular flexibility index (Phi) is 5.14. The highest BCUT2D eigenvalue weighted by molar-refractivity contribution is 7.90. The van der Waals surface area contributed by atoms with Crippen LogP contribution in [-0.2, 0) is 14.6 Å². The number of hydrogen-bond donors (Lipinski definition) is 0. The molecule has 0 saturated carbocycles. The molecule has 4 atom stereocenters. The number of sulfone groups is 1. The molecule has 5 rings (SSSR count). The minimum atomic E-state index is -3.87. The Labute approximate surface area is 201 Å². The van der Waals surface area contributed by atoms with Crippen LogP contribution in [0.15, 0.2) is 5.16 Å². The van der Waals surface area contributed by atoms with Gasteiger partial charge in [0.1, 0.15) is 28.4 Å². The minimum absolute atomic E-state index is 0.0260. The molecule has 13 heteroatoms. The molecule has 0 spiro atoms. The number of rotatable bonds is 1. The fourth-order valence-electron chi connectivity index (χ4n) is 5.16. The number of fused-ring (bicyclic) bond motifs is 5. The second-order valence-electron chi connectivity index (χ2n) is 10.00. The molecular formula is C21H25ClFN5O5S. The van der Waals surface area contributed by atoms with Gasteiger partial charge in [0.25, 0.3) is 0 Å². The molecule has 3 aliphatic heterocycles. The van der Waals surface area contributed by atoms with Crippen LogP contribution < -0.4 is 9.64 Å². The summed E-state index contributed by atoms with van der Waals surface area (Å²) in [4.78, 5) is 29.1. The summed E-state index contributed by atoms with van der Waals surface area (Å²) < 4.78 is 51.5. The number of piperazine rings is 1. The topological polar surface area (TPSA) is 115 Å². The molecule has 3 aliphatic rings. The van der Waals surface area contributed by atoms with E-state index in [1.807, 2.05) is 32.6 Å². The molecule has 2 aromatic rings. The van der Waals surface area contributed by atoms with Crippen molar-refractivity contribution in [1.82, 2.24) is 19.9 Å². The van der Waals surface area contributed by atoms with Crippen LogP contribution in [0.1, 0.15) is 40.5 Å². The molecule has 10 nitrogen and oxygen atoms in total. The maximum Gasteiger partial charge on any atom is 0.410 e. The van der Waals surface area contributed by atoms with Gasteiger partial charge in [0.15, 0.2) is 11.0 Å². The molecular weight excluding hydrogens is 489 g/mol. The van der Waals surface area contributed by atoms with E-state index in [2.05, 4.69) is 15.0 Å². The van der Waals surface area contributed by atoms with Crippen molar-refractivity contribution in [3.63, 3.8) is 0 Å². The molecule has 34 heavy (non-hydrogen) atoms. The minimum Gasteiger partial charge on any atom is -0.472 e. The SMILES string of the molecule is CC1Oc2nc(Cl)c(F)c3nc(S(C)(=O)=O)nc(c23)N2CC3CCC(C12)N3C(=O)OC(C)(C)C. The Balaban J connectivity index is 1.69. The third-order valence-corrected chi connectivity index (χ3v) is 7.46. The zero-order valence-corrected chi connectivity index (χ0v) is 20.9. The zero-order chi connectivity index (χ0) is 24.7. The van der Waals surface area contributed by atoms with Gasteiger partial charge in [-0.3, -0.25) is 4.90 Å². The van der Waals surface area contributed by atoms with Crippen molar-refractivity contribution in [2.75, 3.05) is 17.7 Å². The molecule has 4 unspecified atom stereocenters. The third-order valence-electron chi connectivity index (χ3n) is 6.37. The summed E-state index contributed by atoms with van der Waals surface area (Å²) in [6.45, 7) is 7.60. The number of anilines is 1. The number of halogens is 2. The lowest BCUT2D eigenvalue weighted by atomic mass is 9.98. The highest BCUT2D eigenvalue weighted by atomic mass is 35.5. The van der Waals surface area contributed by atoms with Crippen LogP contribution in [0.4, 0.5) is 15.0 Å². The van der Waals surface area contributed by atoms with Crippen molar-refractivity contribution in [3.8, 4) is 5.88 Å². The van der Waals surface area contributed by atoms with Gasteiger partial charge < -0.3 is 14.4 Å². The largest absolute Gasteiger partial charge is 0.472 e. The second-order valence-corrected chi connectivity index (χ2v) is 12.3. The Morgan fingerprint density at radius 1 is 1.24 bits per heavy atom. The quantitative estimate of drug-likeness (QED) is 0.419. The van der Waals surface area contributed by atoms with E-state index in [-0.39, 0.29) is 34.7 Å². The van der Waals surface area contributed by atoms with Crippen LogP contribution in [-0.4, -0.2) is 77.0 Å². The summed E-state index contributed by atoms with van der Waals surface area (Å²) in [5.74, 6) is -0.712. The van der Waals surface area contributed by atoms with Crippen LogP contribution in [0.3, 0.4) is 0 Å². The van der Waals surface area contributed by atoms with Crippen LogP contribution in [0.5, 0.6) is 5.88 Å². The lowest BCUT2D eigenvalue weighted by Crippen LogP contribution is -2.65. The van der Waals surface area contributed by atoms with Crippen LogP contribution in [0.2, 0.25) is 5.15 Å². The molecule has 2 bridgehead atoms. The van der Waals surface area contributed by atoms with Gasteiger partial charge in [-0.15, -0.1) is 0 Å². The predicted octanol–water partition coefficient (Wildman–Crippen LogP) is 2.96. The first-order valence-corrected chi connectivity index (χ1v) is 13.2. The normalized spacial score (nSPS) is 26.2. The molecule has 5 heterocycles. The summed E-state index contributed by atoms with van der Waals surface area (Å²) in [6, 6.07) is -0.889. The summed E-state index contributed by atoms with van der Waals surface area (Å²) >= 11 is 6.00. The van der Waals surface area contributed by atoms with Gasteiger partial charge in [0.2, 0.25) is 20.9 Å². The fourth-order valence-corrected chi connectivity index (χ4v) is 5.83. The number of amides is 1. The molecule has 0 aromatic carbocycles. The summed E-state index contributed by atoms with van der Waals surface area (Å²) in [5, 5.41) is -0.832. The van der Waals surface area contributed by atoms with E-state index in [4.69, 9.17) is 21.1 Å². The van der Waals surface area contributed by atoms with E-state index >= 15 is 4.39 Å². The van der Waals surface area contributed by atoms with Gasteiger partial charge in [0, 0.05) is 12.8 Å². The van der Waals surface area contributed by atoms with Gasteiger partial charge in [-0.25, -0.2) is 27.6 Å². The van der Waals surface area contributed by atoms with Gasteiger partial charge in [-0.1, -0.05) is 11.6 Å². The van der Waals surface area contributed by atoms with E-state index < -0.39 is 49.8 Å². The molecule has 2 fully saturated rings. The number of ether oxygens (including phenoxy) is 2. The maximum atomic E-state index is 15.0. The summed E-state index contributed by atoms with van der Waals surface area (Å²) in [5.41, 5.74) is -0.924. The van der Waals surface area contributed by atoms with Crippen molar-refractivity contribution in [1.29, 1.82) is 0 Å². The predicted molar refractivity (Wildman–Crippen MR) is 122 cm³/mol. The van der Waals surface area contributed by atoms with Crippen molar-refractivity contribution < 1.29 is 27.1 Å². The lowest BCUT2D eigenvalue weighted by Gasteiger charge is -2.48. The van der Waals surface area contributed by atoms with Crippen LogP contribution >= 0.6 is 11.6 Å². The fraction of sp³-hybridized carbons (Fsp3) is 0.619. The molecule has 0 N–H and O–H groups in total. The summed E-state index contributed by atoms with van der Waals surface area (Å²) in [7, 11) is -3.87. The average Bonchev–Trinajstić information content (AvgIpc) is 2.96. The molecule has 184 valence electrons. The van der Waals surface area contributed by atoms with Gasteiger partial charge in [0.05, 0.1) is 18.1 Å². The molecule has 2 aromatic heterocycles. The average molecular weight is 514 g/mol. The van der Waals surface area contributed by atoms with E-state index in [9.17, 15) is 13.2 Å². The molecule has 0 radical (unpaired) electrons. The first kappa shape index (κ1) is 23.3. The van der Waals surface area contributed by atoms with Crippen molar-refractivity contribution in [2.45, 2.75) is 75.5 Å². The Morgan fingerprint density at radius 3 is 2.59 bits per heavy atom. The number of carbonyl (C=O) groups excluding carboxylic acids is 1. The van der Waals surface area contributed by atoms with Gasteiger partial charge in [-0.05, 0) is 40.5 Å². The highest BCUT2D eigenvalue weighted by Crippen LogP contribution is 2.45. The van der Waals surface area contributed by atoms with E-state index in [0.717, 1.165) is 12.7 Å². The maximum absolute atomic E-state index is 15.0. The number of pyridine rings is 1. The first-order chi connectivity index (χ1) is 15.8. The van der Waals surface area contributed by atoms with E-state index in [1.54, 1.807) is 4.90 Å². The summed E-state index contributed by atoms with van der Waals surface area (Å²) in [6.07, 6.45) is 1.47.